The predicted molar refractivity (Wildman–Crippen MR) is 117 cm³/mol. The monoisotopic (exact) mass is 389 g/mol. The van der Waals surface area contributed by atoms with Gasteiger partial charge in [-0.05, 0) is 56.3 Å². The lowest BCUT2D eigenvalue weighted by molar-refractivity contribution is 0.228. The van der Waals surface area contributed by atoms with Crippen LogP contribution in [0.4, 0.5) is 0 Å². The first-order chi connectivity index (χ1) is 13.7. The summed E-state index contributed by atoms with van der Waals surface area (Å²) in [7, 11) is 0. The number of hydrogen-bond donors (Lipinski definition) is 3. The lowest BCUT2D eigenvalue weighted by Crippen LogP contribution is -2.19. The van der Waals surface area contributed by atoms with Gasteiger partial charge in [-0.15, -0.1) is 0 Å². The van der Waals surface area contributed by atoms with Crippen LogP contribution in [0, 0.1) is 6.92 Å². The van der Waals surface area contributed by atoms with Gasteiger partial charge in [0.25, 0.3) is 0 Å². The average molecular weight is 390 g/mol. The third kappa shape index (κ3) is 2.35. The summed E-state index contributed by atoms with van der Waals surface area (Å²) in [5.41, 5.74) is 5.53. The molecular formula is C23H20ClN3O. The van der Waals surface area contributed by atoms with Crippen LogP contribution in [-0.2, 0) is 0 Å². The summed E-state index contributed by atoms with van der Waals surface area (Å²) in [6.45, 7) is 4.01. The Kier molecular flexibility index (Phi) is 3.43. The van der Waals surface area contributed by atoms with Crippen LogP contribution in [0.25, 0.3) is 43.6 Å². The SMILES string of the molecule is Cc1ccc2[nH]c3c(O[C@H]4CCNC4)c4[nH]c5ccc(Cl)cc5c4cc3c2c1. The molecule has 3 heterocycles. The molecule has 4 nitrogen and oxygen atoms in total. The van der Waals surface area contributed by atoms with Crippen LogP contribution in [0.3, 0.4) is 0 Å². The normalized spacial score (nSPS) is 17.4. The Bertz CT molecular complexity index is 1280. The van der Waals surface area contributed by atoms with Crippen LogP contribution in [0.5, 0.6) is 5.75 Å². The van der Waals surface area contributed by atoms with Crippen LogP contribution >= 0.6 is 11.6 Å². The highest BCUT2D eigenvalue weighted by molar-refractivity contribution is 6.32. The van der Waals surface area contributed by atoms with Crippen molar-refractivity contribution in [3.05, 3.63) is 53.1 Å². The van der Waals surface area contributed by atoms with Gasteiger partial charge >= 0.3 is 0 Å². The van der Waals surface area contributed by atoms with E-state index in [2.05, 4.69) is 46.5 Å². The smallest absolute Gasteiger partial charge is 0.167 e. The Labute approximate surface area is 166 Å². The topological polar surface area (TPSA) is 52.8 Å². The third-order valence-corrected chi connectivity index (χ3v) is 6.07. The number of ether oxygens (including phenoxy) is 1. The van der Waals surface area contributed by atoms with Gasteiger partial charge in [-0.25, -0.2) is 0 Å². The summed E-state index contributed by atoms with van der Waals surface area (Å²) in [4.78, 5) is 7.18. The number of H-pyrrole nitrogens is 2. The Morgan fingerprint density at radius 3 is 2.32 bits per heavy atom. The van der Waals surface area contributed by atoms with E-state index in [1.807, 2.05) is 18.2 Å². The Morgan fingerprint density at radius 1 is 0.893 bits per heavy atom. The second kappa shape index (κ2) is 5.90. The van der Waals surface area contributed by atoms with Crippen molar-refractivity contribution in [1.29, 1.82) is 0 Å². The molecule has 1 saturated heterocycles. The highest BCUT2D eigenvalue weighted by Crippen LogP contribution is 2.42. The van der Waals surface area contributed by atoms with Gasteiger partial charge in [0.1, 0.15) is 6.10 Å². The van der Waals surface area contributed by atoms with Crippen LogP contribution < -0.4 is 10.1 Å². The van der Waals surface area contributed by atoms with Crippen molar-refractivity contribution >= 4 is 55.2 Å². The third-order valence-electron chi connectivity index (χ3n) is 5.84. The van der Waals surface area contributed by atoms with Crippen molar-refractivity contribution in [2.45, 2.75) is 19.4 Å². The Balaban J connectivity index is 1.75. The summed E-state index contributed by atoms with van der Waals surface area (Å²) in [5, 5.41) is 8.82. The summed E-state index contributed by atoms with van der Waals surface area (Å²) in [5.74, 6) is 0.905. The summed E-state index contributed by atoms with van der Waals surface area (Å²) >= 11 is 6.31. The molecule has 0 unspecified atom stereocenters. The molecule has 1 fully saturated rings. The van der Waals surface area contributed by atoms with Gasteiger partial charge in [0.05, 0.1) is 11.0 Å². The molecule has 1 aliphatic heterocycles. The van der Waals surface area contributed by atoms with E-state index in [0.29, 0.717) is 0 Å². The average Bonchev–Trinajstić information content (AvgIpc) is 3.39. The number of aryl methyl sites for hydroxylation is 1. The van der Waals surface area contributed by atoms with Crippen LogP contribution in [0.15, 0.2) is 42.5 Å². The fourth-order valence-corrected chi connectivity index (χ4v) is 4.62. The molecule has 5 heteroatoms. The number of rotatable bonds is 2. The van der Waals surface area contributed by atoms with Gasteiger partial charge < -0.3 is 20.0 Å². The van der Waals surface area contributed by atoms with E-state index in [0.717, 1.165) is 63.1 Å². The summed E-state index contributed by atoms with van der Waals surface area (Å²) in [6.07, 6.45) is 1.19. The number of nitrogens with one attached hydrogen (secondary N) is 3. The number of benzene rings is 3. The number of hydrogen-bond acceptors (Lipinski definition) is 2. The maximum absolute atomic E-state index is 6.56. The van der Waals surface area contributed by atoms with Gasteiger partial charge in [-0.2, -0.15) is 0 Å². The Morgan fingerprint density at radius 2 is 1.61 bits per heavy atom. The molecule has 140 valence electrons. The second-order valence-corrected chi connectivity index (χ2v) is 8.21. The maximum Gasteiger partial charge on any atom is 0.167 e. The first kappa shape index (κ1) is 16.3. The molecule has 0 bridgehead atoms. The lowest BCUT2D eigenvalue weighted by atomic mass is 10.1. The first-order valence-electron chi connectivity index (χ1n) is 9.71. The highest BCUT2D eigenvalue weighted by atomic mass is 35.5. The largest absolute Gasteiger partial charge is 0.485 e. The molecule has 3 aromatic carbocycles. The fraction of sp³-hybridized carbons (Fsp3) is 0.217. The van der Waals surface area contributed by atoms with Crippen molar-refractivity contribution < 1.29 is 4.74 Å². The minimum Gasteiger partial charge on any atom is -0.485 e. The molecule has 0 aliphatic carbocycles. The molecule has 28 heavy (non-hydrogen) atoms. The number of halogens is 1. The zero-order valence-corrected chi connectivity index (χ0v) is 16.3. The summed E-state index contributed by atoms with van der Waals surface area (Å²) < 4.78 is 6.56. The van der Waals surface area contributed by atoms with Crippen molar-refractivity contribution in [3.63, 3.8) is 0 Å². The maximum atomic E-state index is 6.56. The van der Waals surface area contributed by atoms with Gasteiger partial charge in [0.2, 0.25) is 0 Å². The van der Waals surface area contributed by atoms with Gasteiger partial charge in [0.15, 0.2) is 5.75 Å². The van der Waals surface area contributed by atoms with E-state index < -0.39 is 0 Å². The zero-order chi connectivity index (χ0) is 18.8. The molecular weight excluding hydrogens is 370 g/mol. The molecule has 0 radical (unpaired) electrons. The van der Waals surface area contributed by atoms with Crippen LogP contribution in [0.1, 0.15) is 12.0 Å². The highest BCUT2D eigenvalue weighted by Gasteiger charge is 2.22. The van der Waals surface area contributed by atoms with Crippen LogP contribution in [-0.4, -0.2) is 29.2 Å². The van der Waals surface area contributed by atoms with E-state index in [1.165, 1.54) is 16.3 Å². The standard InChI is InChI=1S/C23H20ClN3O/c1-12-2-4-19-15(8-12)17-10-18-16-9-13(24)3-5-20(16)27-22(18)23(21(17)26-19)28-14-6-7-25-11-14/h2-5,8-10,14,25-27H,6-7,11H2,1H3/t14-/m0/s1. The fourth-order valence-electron chi connectivity index (χ4n) is 4.45. The minimum absolute atomic E-state index is 0.178. The van der Waals surface area contributed by atoms with Gasteiger partial charge in [-0.3, -0.25) is 0 Å². The molecule has 0 saturated carbocycles. The van der Waals surface area contributed by atoms with E-state index in [-0.39, 0.29) is 6.10 Å². The van der Waals surface area contributed by atoms with E-state index in [1.54, 1.807) is 0 Å². The molecule has 2 aromatic heterocycles. The molecule has 0 spiro atoms. The second-order valence-electron chi connectivity index (χ2n) is 7.77. The minimum atomic E-state index is 0.178. The zero-order valence-electron chi connectivity index (χ0n) is 15.5. The van der Waals surface area contributed by atoms with E-state index in [4.69, 9.17) is 16.3 Å². The van der Waals surface area contributed by atoms with Crippen molar-refractivity contribution in [2.24, 2.45) is 0 Å². The van der Waals surface area contributed by atoms with E-state index in [9.17, 15) is 0 Å². The quantitative estimate of drug-likeness (QED) is 0.365. The first-order valence-corrected chi connectivity index (χ1v) is 10.1. The number of aromatic nitrogens is 2. The molecule has 0 amide bonds. The van der Waals surface area contributed by atoms with E-state index >= 15 is 0 Å². The lowest BCUT2D eigenvalue weighted by Gasteiger charge is -2.14. The molecule has 1 atom stereocenters. The number of fused-ring (bicyclic) bond motifs is 6. The number of aromatic amines is 2. The van der Waals surface area contributed by atoms with Crippen molar-refractivity contribution in [3.8, 4) is 5.75 Å². The predicted octanol–water partition coefficient (Wildman–Crippen LogP) is 5.66. The molecule has 3 N–H and O–H groups in total. The Hall–Kier alpha value is -2.69. The molecule has 6 rings (SSSR count). The van der Waals surface area contributed by atoms with Gasteiger partial charge in [-0.1, -0.05) is 23.2 Å². The van der Waals surface area contributed by atoms with Crippen molar-refractivity contribution in [1.82, 2.24) is 15.3 Å². The van der Waals surface area contributed by atoms with Gasteiger partial charge in [0, 0.05) is 44.1 Å². The van der Waals surface area contributed by atoms with Crippen molar-refractivity contribution in [2.75, 3.05) is 13.1 Å². The summed E-state index contributed by atoms with van der Waals surface area (Å²) in [6, 6.07) is 14.8. The van der Waals surface area contributed by atoms with Crippen LogP contribution in [0.2, 0.25) is 5.02 Å². The molecule has 1 aliphatic rings. The molecule has 5 aromatic rings.